The molecule has 0 aliphatic heterocycles. The molecule has 0 aliphatic rings. The average molecular weight is 400 g/mol. The molecule has 0 unspecified atom stereocenters. The minimum Gasteiger partial charge on any atom is -0.200 e. The Morgan fingerprint density at radius 1 is 1.05 bits per heavy atom. The van der Waals surface area contributed by atoms with E-state index in [0.717, 1.165) is 9.13 Å². The molecule has 104 valence electrons. The van der Waals surface area contributed by atoms with Crippen LogP contribution in [0.25, 0.3) is 0 Å². The molecule has 0 heterocycles. The Morgan fingerprint density at radius 2 is 1.65 bits per heavy atom. The minimum absolute atomic E-state index is 0.194. The lowest BCUT2D eigenvalue weighted by molar-refractivity contribution is 0.584. The van der Waals surface area contributed by atoms with Crippen LogP contribution in [0.4, 0.5) is 0 Å². The number of rotatable bonds is 4. The molecular formula is C14H13IN2O2S. The molecule has 6 heteroatoms. The van der Waals surface area contributed by atoms with Crippen molar-refractivity contribution in [3.8, 4) is 0 Å². The number of hydrogen-bond donors (Lipinski definition) is 1. The van der Waals surface area contributed by atoms with E-state index in [4.69, 9.17) is 0 Å². The zero-order chi connectivity index (χ0) is 14.6. The number of hydrogen-bond acceptors (Lipinski definition) is 3. The zero-order valence-electron chi connectivity index (χ0n) is 10.7. The maximum atomic E-state index is 12.0. The highest BCUT2D eigenvalue weighted by Gasteiger charge is 2.11. The first kappa shape index (κ1) is 15.0. The Labute approximate surface area is 132 Å². The van der Waals surface area contributed by atoms with Gasteiger partial charge in [0, 0.05) is 3.57 Å². The van der Waals surface area contributed by atoms with Crippen LogP contribution in [0.1, 0.15) is 12.5 Å². The molecule has 0 saturated heterocycles. The topological polar surface area (TPSA) is 58.5 Å². The molecular weight excluding hydrogens is 387 g/mol. The fraction of sp³-hybridized carbons (Fsp3) is 0.0714. The second-order valence-electron chi connectivity index (χ2n) is 4.11. The molecule has 0 bridgehead atoms. The van der Waals surface area contributed by atoms with Gasteiger partial charge in [-0.05, 0) is 59.3 Å². The van der Waals surface area contributed by atoms with E-state index < -0.39 is 10.0 Å². The van der Waals surface area contributed by atoms with Crippen molar-refractivity contribution in [2.45, 2.75) is 11.8 Å². The summed E-state index contributed by atoms with van der Waals surface area (Å²) >= 11 is 2.21. The van der Waals surface area contributed by atoms with Crippen LogP contribution in [-0.4, -0.2) is 14.1 Å². The first-order chi connectivity index (χ1) is 9.49. The van der Waals surface area contributed by atoms with Crippen molar-refractivity contribution in [1.29, 1.82) is 0 Å². The third-order valence-electron chi connectivity index (χ3n) is 2.65. The monoisotopic (exact) mass is 400 g/mol. The van der Waals surface area contributed by atoms with Gasteiger partial charge in [0.2, 0.25) is 0 Å². The summed E-state index contributed by atoms with van der Waals surface area (Å²) < 4.78 is 25.1. The molecule has 1 N–H and O–H groups in total. The number of sulfonamides is 1. The molecule has 2 aromatic rings. The Balaban J connectivity index is 2.18. The Hall–Kier alpha value is -1.41. The molecule has 2 rings (SSSR count). The number of hydrazone groups is 1. The van der Waals surface area contributed by atoms with E-state index in [1.165, 1.54) is 12.1 Å². The fourth-order valence-corrected chi connectivity index (χ4v) is 2.77. The molecule has 20 heavy (non-hydrogen) atoms. The van der Waals surface area contributed by atoms with E-state index in [-0.39, 0.29) is 4.90 Å². The summed E-state index contributed by atoms with van der Waals surface area (Å²) in [5, 5.41) is 3.95. The molecule has 0 aromatic heterocycles. The lowest BCUT2D eigenvalue weighted by Crippen LogP contribution is -2.19. The van der Waals surface area contributed by atoms with Gasteiger partial charge in [-0.15, -0.1) is 0 Å². The maximum absolute atomic E-state index is 12.0. The summed E-state index contributed by atoms with van der Waals surface area (Å²) in [4.78, 5) is 2.44. The first-order valence-electron chi connectivity index (χ1n) is 5.86. The standard InChI is InChI=1S/C14H13IN2O2S/c1-11(12-7-9-13(15)10-8-12)16-17-20(18,19)14-5-3-2-4-6-14/h2-10,17H,1H3. The summed E-state index contributed by atoms with van der Waals surface area (Å²) in [7, 11) is -3.61. The number of nitrogens with zero attached hydrogens (tertiary/aromatic N) is 1. The predicted octanol–water partition coefficient (Wildman–Crippen LogP) is 2.99. The van der Waals surface area contributed by atoms with Crippen molar-refractivity contribution in [1.82, 2.24) is 4.83 Å². The summed E-state index contributed by atoms with van der Waals surface area (Å²) in [5.41, 5.74) is 1.49. The van der Waals surface area contributed by atoms with Crippen molar-refractivity contribution in [3.63, 3.8) is 0 Å². The van der Waals surface area contributed by atoms with Gasteiger partial charge in [-0.2, -0.15) is 18.4 Å². The highest BCUT2D eigenvalue weighted by molar-refractivity contribution is 14.1. The number of nitrogens with one attached hydrogen (secondary N) is 1. The maximum Gasteiger partial charge on any atom is 0.276 e. The average Bonchev–Trinajstić information content (AvgIpc) is 2.46. The Morgan fingerprint density at radius 3 is 2.25 bits per heavy atom. The van der Waals surface area contributed by atoms with Crippen molar-refractivity contribution >= 4 is 38.3 Å². The normalized spacial score (nSPS) is 12.2. The highest BCUT2D eigenvalue weighted by Crippen LogP contribution is 2.09. The minimum atomic E-state index is -3.61. The molecule has 0 saturated carbocycles. The predicted molar refractivity (Wildman–Crippen MR) is 88.1 cm³/mol. The van der Waals surface area contributed by atoms with Gasteiger partial charge in [0.25, 0.3) is 10.0 Å². The molecule has 2 aromatic carbocycles. The third-order valence-corrected chi connectivity index (χ3v) is 4.59. The van der Waals surface area contributed by atoms with Crippen LogP contribution in [0.2, 0.25) is 0 Å². The lowest BCUT2D eigenvalue weighted by Gasteiger charge is -2.05. The number of halogens is 1. The summed E-state index contributed by atoms with van der Waals surface area (Å²) in [5.74, 6) is 0. The van der Waals surface area contributed by atoms with E-state index in [9.17, 15) is 8.42 Å². The van der Waals surface area contributed by atoms with Crippen LogP contribution < -0.4 is 4.83 Å². The van der Waals surface area contributed by atoms with E-state index in [1.807, 2.05) is 24.3 Å². The first-order valence-corrected chi connectivity index (χ1v) is 8.42. The van der Waals surface area contributed by atoms with Gasteiger partial charge in [-0.1, -0.05) is 30.3 Å². The fourth-order valence-electron chi connectivity index (χ4n) is 1.54. The van der Waals surface area contributed by atoms with E-state index in [0.29, 0.717) is 5.71 Å². The second-order valence-corrected chi connectivity index (χ2v) is 7.02. The summed E-state index contributed by atoms with van der Waals surface area (Å²) in [6.45, 7) is 1.76. The smallest absolute Gasteiger partial charge is 0.200 e. The van der Waals surface area contributed by atoms with Gasteiger partial charge in [-0.25, -0.2) is 0 Å². The van der Waals surface area contributed by atoms with Gasteiger partial charge in [-0.3, -0.25) is 0 Å². The van der Waals surface area contributed by atoms with Crippen molar-refractivity contribution in [2.24, 2.45) is 5.10 Å². The van der Waals surface area contributed by atoms with Gasteiger partial charge < -0.3 is 0 Å². The molecule has 0 atom stereocenters. The van der Waals surface area contributed by atoms with Crippen LogP contribution in [0.5, 0.6) is 0 Å². The SMILES string of the molecule is CC(=NNS(=O)(=O)c1ccccc1)c1ccc(I)cc1. The van der Waals surface area contributed by atoms with Crippen LogP contribution in [-0.2, 0) is 10.0 Å². The summed E-state index contributed by atoms with van der Waals surface area (Å²) in [6.07, 6.45) is 0. The number of benzene rings is 2. The van der Waals surface area contributed by atoms with Crippen molar-refractivity contribution in [3.05, 3.63) is 63.7 Å². The molecule has 0 fully saturated rings. The zero-order valence-corrected chi connectivity index (χ0v) is 13.7. The molecule has 0 amide bonds. The Kier molecular flexibility index (Phi) is 4.77. The molecule has 0 spiro atoms. The van der Waals surface area contributed by atoms with Gasteiger partial charge in [0.05, 0.1) is 10.6 Å². The van der Waals surface area contributed by atoms with Crippen LogP contribution in [0, 0.1) is 3.57 Å². The third kappa shape index (κ3) is 3.80. The highest BCUT2D eigenvalue weighted by atomic mass is 127. The second kappa shape index (κ2) is 6.36. The Bertz CT molecular complexity index is 711. The van der Waals surface area contributed by atoms with Crippen LogP contribution in [0.3, 0.4) is 0 Å². The van der Waals surface area contributed by atoms with E-state index in [1.54, 1.807) is 25.1 Å². The largest absolute Gasteiger partial charge is 0.276 e. The van der Waals surface area contributed by atoms with Crippen LogP contribution >= 0.6 is 22.6 Å². The van der Waals surface area contributed by atoms with Gasteiger partial charge in [0.15, 0.2) is 0 Å². The van der Waals surface area contributed by atoms with Crippen LogP contribution in [0.15, 0.2) is 64.6 Å². The van der Waals surface area contributed by atoms with Crippen molar-refractivity contribution < 1.29 is 8.42 Å². The van der Waals surface area contributed by atoms with Gasteiger partial charge >= 0.3 is 0 Å². The summed E-state index contributed by atoms with van der Waals surface area (Å²) in [6, 6.07) is 15.8. The lowest BCUT2D eigenvalue weighted by atomic mass is 10.1. The molecule has 0 aliphatic carbocycles. The van der Waals surface area contributed by atoms with E-state index >= 15 is 0 Å². The van der Waals surface area contributed by atoms with E-state index in [2.05, 4.69) is 32.5 Å². The van der Waals surface area contributed by atoms with Gasteiger partial charge in [0.1, 0.15) is 0 Å². The molecule has 0 radical (unpaired) electrons. The molecule has 4 nitrogen and oxygen atoms in total. The van der Waals surface area contributed by atoms with Crippen molar-refractivity contribution in [2.75, 3.05) is 0 Å². The quantitative estimate of drug-likeness (QED) is 0.488.